The largest absolute Gasteiger partial charge is 0.494 e. The SMILES string of the molecule is COc1cc(Br)cnc1C(=O)Nc1ccc(F)nc1. The highest BCUT2D eigenvalue weighted by molar-refractivity contribution is 9.10. The molecule has 19 heavy (non-hydrogen) atoms. The molecular weight excluding hydrogens is 317 g/mol. The molecule has 0 spiro atoms. The first-order valence-corrected chi connectivity index (χ1v) is 6.02. The van der Waals surface area contributed by atoms with Crippen molar-refractivity contribution < 1.29 is 13.9 Å². The van der Waals surface area contributed by atoms with Gasteiger partial charge in [-0.05, 0) is 34.1 Å². The molecule has 0 saturated carbocycles. The molecule has 0 bridgehead atoms. The lowest BCUT2D eigenvalue weighted by atomic mass is 10.3. The number of pyridine rings is 2. The molecule has 1 N–H and O–H groups in total. The van der Waals surface area contributed by atoms with Crippen molar-refractivity contribution in [3.8, 4) is 5.75 Å². The maximum atomic E-state index is 12.6. The molecule has 2 rings (SSSR count). The lowest BCUT2D eigenvalue weighted by molar-refractivity contribution is 0.101. The second kappa shape index (κ2) is 5.75. The molecule has 0 aliphatic carbocycles. The van der Waals surface area contributed by atoms with Gasteiger partial charge in [0.25, 0.3) is 5.91 Å². The van der Waals surface area contributed by atoms with Crippen LogP contribution >= 0.6 is 15.9 Å². The van der Waals surface area contributed by atoms with Crippen LogP contribution in [0.4, 0.5) is 10.1 Å². The molecule has 0 fully saturated rings. The number of methoxy groups -OCH3 is 1. The summed E-state index contributed by atoms with van der Waals surface area (Å²) >= 11 is 3.24. The van der Waals surface area contributed by atoms with E-state index in [0.29, 0.717) is 15.9 Å². The van der Waals surface area contributed by atoms with Gasteiger partial charge in [-0.2, -0.15) is 4.39 Å². The fourth-order valence-electron chi connectivity index (χ4n) is 1.39. The van der Waals surface area contributed by atoms with Gasteiger partial charge in [-0.25, -0.2) is 9.97 Å². The lowest BCUT2D eigenvalue weighted by Gasteiger charge is -2.08. The molecule has 98 valence electrons. The minimum Gasteiger partial charge on any atom is -0.494 e. The summed E-state index contributed by atoms with van der Waals surface area (Å²) in [5, 5.41) is 2.55. The van der Waals surface area contributed by atoms with Crippen LogP contribution in [0.25, 0.3) is 0 Å². The molecule has 2 aromatic rings. The number of hydrogen-bond acceptors (Lipinski definition) is 4. The summed E-state index contributed by atoms with van der Waals surface area (Å²) < 4.78 is 18.4. The van der Waals surface area contributed by atoms with Crippen molar-refractivity contribution in [2.45, 2.75) is 0 Å². The molecule has 0 aliphatic heterocycles. The topological polar surface area (TPSA) is 64.1 Å². The van der Waals surface area contributed by atoms with Gasteiger partial charge >= 0.3 is 0 Å². The van der Waals surface area contributed by atoms with Crippen LogP contribution in [0.2, 0.25) is 0 Å². The fraction of sp³-hybridized carbons (Fsp3) is 0.0833. The van der Waals surface area contributed by atoms with Gasteiger partial charge in [0.1, 0.15) is 0 Å². The standard InChI is InChI=1S/C12H9BrFN3O2/c1-19-9-4-7(13)5-16-11(9)12(18)17-8-2-3-10(14)15-6-8/h2-6H,1H3,(H,17,18). The van der Waals surface area contributed by atoms with Crippen LogP contribution in [0.5, 0.6) is 5.75 Å². The van der Waals surface area contributed by atoms with Crippen LogP contribution in [0.15, 0.2) is 35.1 Å². The van der Waals surface area contributed by atoms with E-state index in [4.69, 9.17) is 4.74 Å². The Balaban J connectivity index is 2.22. The van der Waals surface area contributed by atoms with Gasteiger partial charge in [-0.15, -0.1) is 0 Å². The number of carbonyl (C=O) groups excluding carboxylic acids is 1. The van der Waals surface area contributed by atoms with Crippen LogP contribution in [0.1, 0.15) is 10.5 Å². The molecule has 0 unspecified atom stereocenters. The molecule has 0 radical (unpaired) electrons. The first kappa shape index (κ1) is 13.4. The highest BCUT2D eigenvalue weighted by atomic mass is 79.9. The molecule has 7 heteroatoms. The molecule has 0 aliphatic rings. The van der Waals surface area contributed by atoms with Gasteiger partial charge in [-0.1, -0.05) is 0 Å². The number of halogens is 2. The normalized spacial score (nSPS) is 10.1. The van der Waals surface area contributed by atoms with Gasteiger partial charge in [0.05, 0.1) is 19.0 Å². The Morgan fingerprint density at radius 2 is 2.16 bits per heavy atom. The van der Waals surface area contributed by atoms with Crippen molar-refractivity contribution in [3.63, 3.8) is 0 Å². The fourth-order valence-corrected chi connectivity index (χ4v) is 1.70. The first-order valence-electron chi connectivity index (χ1n) is 5.22. The second-order valence-electron chi connectivity index (χ2n) is 3.53. The molecule has 2 heterocycles. The number of nitrogens with one attached hydrogen (secondary N) is 1. The van der Waals surface area contributed by atoms with Crippen molar-refractivity contribution in [1.29, 1.82) is 0 Å². The molecule has 0 atom stereocenters. The van der Waals surface area contributed by atoms with E-state index in [1.165, 1.54) is 25.6 Å². The predicted molar refractivity (Wildman–Crippen MR) is 70.6 cm³/mol. The van der Waals surface area contributed by atoms with E-state index < -0.39 is 11.9 Å². The number of ether oxygens (including phenoxy) is 1. The van der Waals surface area contributed by atoms with Gasteiger partial charge in [0, 0.05) is 10.7 Å². The Morgan fingerprint density at radius 1 is 1.37 bits per heavy atom. The Kier molecular flexibility index (Phi) is 4.06. The Hall–Kier alpha value is -2.02. The third-order valence-electron chi connectivity index (χ3n) is 2.24. The van der Waals surface area contributed by atoms with Crippen LogP contribution in [-0.2, 0) is 0 Å². The van der Waals surface area contributed by atoms with E-state index in [9.17, 15) is 9.18 Å². The Morgan fingerprint density at radius 3 is 2.79 bits per heavy atom. The number of hydrogen-bond donors (Lipinski definition) is 1. The summed E-state index contributed by atoms with van der Waals surface area (Å²) in [6, 6.07) is 4.19. The quantitative estimate of drug-likeness (QED) is 0.881. The van der Waals surface area contributed by atoms with E-state index in [-0.39, 0.29) is 5.69 Å². The molecule has 1 amide bonds. The number of amides is 1. The number of nitrogens with zero attached hydrogens (tertiary/aromatic N) is 2. The Labute approximate surface area is 117 Å². The van der Waals surface area contributed by atoms with Crippen molar-refractivity contribution in [1.82, 2.24) is 9.97 Å². The highest BCUT2D eigenvalue weighted by Crippen LogP contribution is 2.21. The molecule has 0 saturated heterocycles. The maximum absolute atomic E-state index is 12.6. The zero-order valence-electron chi connectivity index (χ0n) is 9.85. The van der Waals surface area contributed by atoms with Gasteiger partial charge in [-0.3, -0.25) is 4.79 Å². The lowest BCUT2D eigenvalue weighted by Crippen LogP contribution is -2.15. The van der Waals surface area contributed by atoms with E-state index in [2.05, 4.69) is 31.2 Å². The second-order valence-corrected chi connectivity index (χ2v) is 4.44. The van der Waals surface area contributed by atoms with Gasteiger partial charge < -0.3 is 10.1 Å². The minimum absolute atomic E-state index is 0.134. The first-order chi connectivity index (χ1) is 9.10. The summed E-state index contributed by atoms with van der Waals surface area (Å²) in [4.78, 5) is 19.4. The zero-order valence-corrected chi connectivity index (χ0v) is 11.4. The summed E-state index contributed by atoms with van der Waals surface area (Å²) in [7, 11) is 1.44. The third kappa shape index (κ3) is 3.25. The molecule has 2 aromatic heterocycles. The van der Waals surface area contributed by atoms with Crippen molar-refractivity contribution >= 4 is 27.5 Å². The molecular formula is C12H9BrFN3O2. The molecule has 5 nitrogen and oxygen atoms in total. The van der Waals surface area contributed by atoms with Crippen LogP contribution in [-0.4, -0.2) is 23.0 Å². The minimum atomic E-state index is -0.614. The summed E-state index contributed by atoms with van der Waals surface area (Å²) in [5.74, 6) is -0.739. The number of carbonyl (C=O) groups is 1. The monoisotopic (exact) mass is 325 g/mol. The van der Waals surface area contributed by atoms with Crippen LogP contribution in [0.3, 0.4) is 0 Å². The smallest absolute Gasteiger partial charge is 0.278 e. The van der Waals surface area contributed by atoms with E-state index in [0.717, 1.165) is 6.07 Å². The van der Waals surface area contributed by atoms with Crippen molar-refractivity contribution in [3.05, 3.63) is 46.7 Å². The summed E-state index contributed by atoms with van der Waals surface area (Å²) in [6.07, 6.45) is 2.71. The third-order valence-corrected chi connectivity index (χ3v) is 2.67. The summed E-state index contributed by atoms with van der Waals surface area (Å²) in [6.45, 7) is 0. The summed E-state index contributed by atoms with van der Waals surface area (Å²) in [5.41, 5.74) is 0.508. The average molecular weight is 326 g/mol. The van der Waals surface area contributed by atoms with Crippen molar-refractivity contribution in [2.75, 3.05) is 12.4 Å². The van der Waals surface area contributed by atoms with E-state index in [1.807, 2.05) is 0 Å². The zero-order chi connectivity index (χ0) is 13.8. The van der Waals surface area contributed by atoms with Gasteiger partial charge in [0.2, 0.25) is 5.95 Å². The maximum Gasteiger partial charge on any atom is 0.278 e. The average Bonchev–Trinajstić information content (AvgIpc) is 2.41. The predicted octanol–water partition coefficient (Wildman–Crippen LogP) is 2.64. The van der Waals surface area contributed by atoms with Crippen LogP contribution in [0, 0.1) is 5.95 Å². The molecule has 0 aromatic carbocycles. The van der Waals surface area contributed by atoms with Crippen LogP contribution < -0.4 is 10.1 Å². The van der Waals surface area contributed by atoms with Gasteiger partial charge in [0.15, 0.2) is 11.4 Å². The van der Waals surface area contributed by atoms with E-state index >= 15 is 0 Å². The number of aromatic nitrogens is 2. The Bertz CT molecular complexity index is 604. The van der Waals surface area contributed by atoms with Crippen molar-refractivity contribution in [2.24, 2.45) is 0 Å². The highest BCUT2D eigenvalue weighted by Gasteiger charge is 2.14. The number of rotatable bonds is 3. The van der Waals surface area contributed by atoms with E-state index in [1.54, 1.807) is 6.07 Å². The number of anilines is 1.